The van der Waals surface area contributed by atoms with Crippen LogP contribution in [0.5, 0.6) is 0 Å². The Labute approximate surface area is 119 Å². The van der Waals surface area contributed by atoms with E-state index in [2.05, 4.69) is 75.3 Å². The molecule has 0 aromatic heterocycles. The smallest absolute Gasteiger partial charge is 0.0233 e. The molecule has 0 amide bonds. The van der Waals surface area contributed by atoms with Crippen molar-refractivity contribution >= 4 is 0 Å². The van der Waals surface area contributed by atoms with Crippen LogP contribution in [0.15, 0.2) is 30.3 Å². The minimum Gasteiger partial charge on any atom is -0.316 e. The topological polar surface area (TPSA) is 15.3 Å². The predicted octanol–water partition coefficient (Wildman–Crippen LogP) is 3.39. The van der Waals surface area contributed by atoms with Crippen LogP contribution < -0.4 is 5.32 Å². The van der Waals surface area contributed by atoms with Crippen molar-refractivity contribution in [1.82, 2.24) is 10.2 Å². The van der Waals surface area contributed by atoms with E-state index in [9.17, 15) is 0 Å². The Morgan fingerprint density at radius 1 is 1.00 bits per heavy atom. The molecule has 0 aliphatic heterocycles. The Balaban J connectivity index is 2.36. The van der Waals surface area contributed by atoms with Gasteiger partial charge < -0.3 is 5.32 Å². The number of benzene rings is 1. The maximum Gasteiger partial charge on any atom is 0.0233 e. The second-order valence-electron chi connectivity index (χ2n) is 6.17. The van der Waals surface area contributed by atoms with Gasteiger partial charge in [-0.25, -0.2) is 0 Å². The summed E-state index contributed by atoms with van der Waals surface area (Å²) >= 11 is 0. The molecule has 1 aromatic carbocycles. The van der Waals surface area contributed by atoms with E-state index in [-0.39, 0.29) is 0 Å². The van der Waals surface area contributed by atoms with E-state index in [1.165, 1.54) is 5.56 Å². The van der Waals surface area contributed by atoms with Gasteiger partial charge in [-0.3, -0.25) is 4.90 Å². The SMILES string of the molecule is CC(C)CNCC(C)C(C)N(C)Cc1ccccc1. The van der Waals surface area contributed by atoms with E-state index < -0.39 is 0 Å². The Hall–Kier alpha value is -0.860. The normalized spacial score (nSPS) is 14.9. The molecule has 1 rings (SSSR count). The first-order valence-electron chi connectivity index (χ1n) is 7.45. The van der Waals surface area contributed by atoms with Crippen molar-refractivity contribution in [1.29, 1.82) is 0 Å². The van der Waals surface area contributed by atoms with Crippen molar-refractivity contribution in [3.8, 4) is 0 Å². The number of rotatable bonds is 8. The first kappa shape index (κ1) is 16.2. The van der Waals surface area contributed by atoms with E-state index >= 15 is 0 Å². The third-order valence-electron chi connectivity index (χ3n) is 3.81. The molecule has 0 radical (unpaired) electrons. The third-order valence-corrected chi connectivity index (χ3v) is 3.81. The summed E-state index contributed by atoms with van der Waals surface area (Å²) in [6.07, 6.45) is 0. The van der Waals surface area contributed by atoms with Crippen LogP contribution in [0.25, 0.3) is 0 Å². The molecule has 108 valence electrons. The summed E-state index contributed by atoms with van der Waals surface area (Å²) in [6, 6.07) is 11.3. The fraction of sp³-hybridized carbons (Fsp3) is 0.647. The van der Waals surface area contributed by atoms with Crippen molar-refractivity contribution < 1.29 is 0 Å². The fourth-order valence-electron chi connectivity index (χ4n) is 2.22. The fourth-order valence-corrected chi connectivity index (χ4v) is 2.22. The van der Waals surface area contributed by atoms with Gasteiger partial charge in [0.2, 0.25) is 0 Å². The number of nitrogens with zero attached hydrogens (tertiary/aromatic N) is 1. The second-order valence-corrected chi connectivity index (χ2v) is 6.17. The van der Waals surface area contributed by atoms with Gasteiger partial charge >= 0.3 is 0 Å². The molecule has 2 unspecified atom stereocenters. The summed E-state index contributed by atoms with van der Waals surface area (Å²) in [6.45, 7) is 12.4. The lowest BCUT2D eigenvalue weighted by atomic mass is 10.0. The summed E-state index contributed by atoms with van der Waals surface area (Å²) in [5, 5.41) is 3.56. The molecule has 0 heterocycles. The van der Waals surface area contributed by atoms with Gasteiger partial charge in [0.25, 0.3) is 0 Å². The Morgan fingerprint density at radius 2 is 1.63 bits per heavy atom. The summed E-state index contributed by atoms with van der Waals surface area (Å²) in [5.74, 6) is 1.39. The second kappa shape index (κ2) is 8.34. The minimum atomic E-state index is 0.583. The predicted molar refractivity (Wildman–Crippen MR) is 84.2 cm³/mol. The first-order chi connectivity index (χ1) is 9.00. The van der Waals surface area contributed by atoms with Crippen LogP contribution >= 0.6 is 0 Å². The lowest BCUT2D eigenvalue weighted by Crippen LogP contribution is -2.39. The Morgan fingerprint density at radius 3 is 2.21 bits per heavy atom. The van der Waals surface area contributed by atoms with Gasteiger partial charge in [0.05, 0.1) is 0 Å². The largest absolute Gasteiger partial charge is 0.316 e. The number of hydrogen-bond acceptors (Lipinski definition) is 2. The molecule has 0 saturated heterocycles. The van der Waals surface area contributed by atoms with E-state index in [4.69, 9.17) is 0 Å². The summed E-state index contributed by atoms with van der Waals surface area (Å²) < 4.78 is 0. The highest BCUT2D eigenvalue weighted by Crippen LogP contribution is 2.12. The summed E-state index contributed by atoms with van der Waals surface area (Å²) in [7, 11) is 2.22. The van der Waals surface area contributed by atoms with E-state index in [1.807, 2.05) is 0 Å². The lowest BCUT2D eigenvalue weighted by Gasteiger charge is -2.30. The minimum absolute atomic E-state index is 0.583. The Kier molecular flexibility index (Phi) is 7.11. The molecule has 1 aromatic rings. The monoisotopic (exact) mass is 262 g/mol. The average molecular weight is 262 g/mol. The molecule has 0 aliphatic rings. The molecule has 0 bridgehead atoms. The maximum atomic E-state index is 3.56. The van der Waals surface area contributed by atoms with Gasteiger partial charge in [-0.15, -0.1) is 0 Å². The highest BCUT2D eigenvalue weighted by atomic mass is 15.1. The van der Waals surface area contributed by atoms with Crippen molar-refractivity contribution in [2.24, 2.45) is 11.8 Å². The highest BCUT2D eigenvalue weighted by Gasteiger charge is 2.16. The zero-order valence-corrected chi connectivity index (χ0v) is 13.2. The molecule has 19 heavy (non-hydrogen) atoms. The molecule has 2 atom stereocenters. The van der Waals surface area contributed by atoms with E-state index in [1.54, 1.807) is 0 Å². The number of nitrogens with one attached hydrogen (secondary N) is 1. The van der Waals surface area contributed by atoms with Crippen LogP contribution in [-0.2, 0) is 6.54 Å². The molecule has 1 N–H and O–H groups in total. The van der Waals surface area contributed by atoms with Crippen molar-refractivity contribution in [2.45, 2.75) is 40.3 Å². The van der Waals surface area contributed by atoms with Gasteiger partial charge in [0.1, 0.15) is 0 Å². The molecule has 2 heteroatoms. The van der Waals surface area contributed by atoms with Crippen LogP contribution in [0, 0.1) is 11.8 Å². The molecule has 0 spiro atoms. The first-order valence-corrected chi connectivity index (χ1v) is 7.45. The van der Waals surface area contributed by atoms with E-state index in [0.29, 0.717) is 12.0 Å². The van der Waals surface area contributed by atoms with Crippen molar-refractivity contribution in [2.75, 3.05) is 20.1 Å². The highest BCUT2D eigenvalue weighted by molar-refractivity contribution is 5.14. The Bertz CT molecular complexity index is 334. The number of hydrogen-bond donors (Lipinski definition) is 1. The molecule has 0 saturated carbocycles. The van der Waals surface area contributed by atoms with Gasteiger partial charge in [-0.1, -0.05) is 51.1 Å². The quantitative estimate of drug-likeness (QED) is 0.772. The zero-order valence-electron chi connectivity index (χ0n) is 13.2. The van der Waals surface area contributed by atoms with E-state index in [0.717, 1.165) is 25.6 Å². The van der Waals surface area contributed by atoms with Crippen LogP contribution in [0.2, 0.25) is 0 Å². The lowest BCUT2D eigenvalue weighted by molar-refractivity contribution is 0.188. The van der Waals surface area contributed by atoms with Crippen molar-refractivity contribution in [3.63, 3.8) is 0 Å². The molecule has 0 aliphatic carbocycles. The van der Waals surface area contributed by atoms with Crippen LogP contribution in [-0.4, -0.2) is 31.1 Å². The van der Waals surface area contributed by atoms with Gasteiger partial charge in [0, 0.05) is 12.6 Å². The average Bonchev–Trinajstić information content (AvgIpc) is 2.38. The molecule has 0 fully saturated rings. The molecular formula is C17H30N2. The standard InChI is InChI=1S/C17H30N2/c1-14(2)11-18-12-15(3)16(4)19(5)13-17-9-7-6-8-10-17/h6-10,14-16,18H,11-13H2,1-5H3. The summed E-state index contributed by atoms with van der Waals surface area (Å²) in [5.41, 5.74) is 1.39. The molecule has 2 nitrogen and oxygen atoms in total. The van der Waals surface area contributed by atoms with Gasteiger partial charge in [-0.05, 0) is 44.5 Å². The van der Waals surface area contributed by atoms with Gasteiger partial charge in [-0.2, -0.15) is 0 Å². The van der Waals surface area contributed by atoms with Crippen LogP contribution in [0.4, 0.5) is 0 Å². The molecular weight excluding hydrogens is 232 g/mol. The third kappa shape index (κ3) is 6.22. The summed E-state index contributed by atoms with van der Waals surface area (Å²) in [4.78, 5) is 2.44. The zero-order chi connectivity index (χ0) is 14.3. The van der Waals surface area contributed by atoms with Crippen molar-refractivity contribution in [3.05, 3.63) is 35.9 Å². The van der Waals surface area contributed by atoms with Crippen LogP contribution in [0.1, 0.15) is 33.3 Å². The van der Waals surface area contributed by atoms with Gasteiger partial charge in [0.15, 0.2) is 0 Å². The van der Waals surface area contributed by atoms with Crippen LogP contribution in [0.3, 0.4) is 0 Å². The maximum absolute atomic E-state index is 3.56.